The first-order chi connectivity index (χ1) is 10.8. The fourth-order valence-corrected chi connectivity index (χ4v) is 2.87. The molecule has 3 rings (SSSR count). The third-order valence-corrected chi connectivity index (χ3v) is 3.89. The summed E-state index contributed by atoms with van der Waals surface area (Å²) < 4.78 is 5.48. The average Bonchev–Trinajstić information content (AvgIpc) is 2.90. The number of para-hydroxylation sites is 1. The summed E-state index contributed by atoms with van der Waals surface area (Å²) in [5.74, 6) is 0. The van der Waals surface area contributed by atoms with E-state index in [1.807, 2.05) is 51.1 Å². The third-order valence-electron chi connectivity index (χ3n) is 3.89. The summed E-state index contributed by atoms with van der Waals surface area (Å²) >= 11 is 0. The predicted molar refractivity (Wildman–Crippen MR) is 91.8 cm³/mol. The van der Waals surface area contributed by atoms with Gasteiger partial charge in [-0.25, -0.2) is 4.79 Å². The molecule has 1 aliphatic rings. The number of amides is 1. The molecule has 1 heterocycles. The third kappa shape index (κ3) is 3.16. The van der Waals surface area contributed by atoms with Gasteiger partial charge < -0.3 is 10.5 Å². The van der Waals surface area contributed by atoms with Crippen molar-refractivity contribution in [3.8, 4) is 11.1 Å². The number of fused-ring (bicyclic) bond motifs is 1. The topological polar surface area (TPSA) is 55.6 Å². The zero-order chi connectivity index (χ0) is 16.6. The minimum atomic E-state index is -0.488. The maximum atomic E-state index is 12.3. The maximum absolute atomic E-state index is 12.3. The SMILES string of the molecule is CC(C)(C)OC(=O)N1Cc2cccc(-c3ccccc3N)c2C1. The molecule has 4 nitrogen and oxygen atoms in total. The van der Waals surface area contributed by atoms with E-state index < -0.39 is 5.60 Å². The number of nitrogens with zero attached hydrogens (tertiary/aromatic N) is 1. The van der Waals surface area contributed by atoms with E-state index in [0.29, 0.717) is 13.1 Å². The molecule has 0 saturated heterocycles. The number of nitrogen functional groups attached to an aromatic ring is 1. The Kier molecular flexibility index (Phi) is 3.76. The first kappa shape index (κ1) is 15.4. The number of anilines is 1. The van der Waals surface area contributed by atoms with Gasteiger partial charge in [0.15, 0.2) is 0 Å². The van der Waals surface area contributed by atoms with E-state index in [9.17, 15) is 4.79 Å². The largest absolute Gasteiger partial charge is 0.444 e. The Morgan fingerprint density at radius 2 is 1.74 bits per heavy atom. The molecule has 120 valence electrons. The van der Waals surface area contributed by atoms with Gasteiger partial charge in [-0.15, -0.1) is 0 Å². The monoisotopic (exact) mass is 310 g/mol. The van der Waals surface area contributed by atoms with Gasteiger partial charge in [0.2, 0.25) is 0 Å². The first-order valence-electron chi connectivity index (χ1n) is 7.79. The Hall–Kier alpha value is -2.49. The second-order valence-electron chi connectivity index (χ2n) is 6.87. The van der Waals surface area contributed by atoms with Gasteiger partial charge in [-0.2, -0.15) is 0 Å². The molecule has 0 spiro atoms. The van der Waals surface area contributed by atoms with E-state index in [1.165, 1.54) is 0 Å². The van der Waals surface area contributed by atoms with Crippen LogP contribution >= 0.6 is 0 Å². The van der Waals surface area contributed by atoms with E-state index >= 15 is 0 Å². The Bertz CT molecular complexity index is 747. The zero-order valence-corrected chi connectivity index (χ0v) is 13.8. The molecule has 0 atom stereocenters. The van der Waals surface area contributed by atoms with Crippen molar-refractivity contribution in [1.29, 1.82) is 0 Å². The number of hydrogen-bond acceptors (Lipinski definition) is 3. The van der Waals surface area contributed by atoms with Gasteiger partial charge in [0.05, 0.1) is 6.54 Å². The number of ether oxygens (including phenoxy) is 1. The van der Waals surface area contributed by atoms with E-state index in [0.717, 1.165) is 27.9 Å². The van der Waals surface area contributed by atoms with Crippen LogP contribution < -0.4 is 5.73 Å². The van der Waals surface area contributed by atoms with Gasteiger partial charge in [0.25, 0.3) is 0 Å². The molecule has 4 heteroatoms. The van der Waals surface area contributed by atoms with Gasteiger partial charge in [-0.3, -0.25) is 4.90 Å². The minimum Gasteiger partial charge on any atom is -0.444 e. The highest BCUT2D eigenvalue weighted by Gasteiger charge is 2.29. The second-order valence-corrected chi connectivity index (χ2v) is 6.87. The number of carbonyl (C=O) groups is 1. The highest BCUT2D eigenvalue weighted by molar-refractivity contribution is 5.80. The van der Waals surface area contributed by atoms with E-state index in [2.05, 4.69) is 12.1 Å². The van der Waals surface area contributed by atoms with E-state index in [1.54, 1.807) is 4.90 Å². The Morgan fingerprint density at radius 3 is 2.43 bits per heavy atom. The summed E-state index contributed by atoms with van der Waals surface area (Å²) in [6.45, 7) is 6.76. The molecule has 2 aromatic rings. The Morgan fingerprint density at radius 1 is 1.04 bits per heavy atom. The van der Waals surface area contributed by atoms with Crippen LogP contribution in [0.25, 0.3) is 11.1 Å². The Balaban J connectivity index is 1.91. The van der Waals surface area contributed by atoms with Crippen LogP contribution in [0.1, 0.15) is 31.9 Å². The van der Waals surface area contributed by atoms with Crippen LogP contribution in [0.15, 0.2) is 42.5 Å². The molecule has 0 unspecified atom stereocenters. The zero-order valence-electron chi connectivity index (χ0n) is 13.8. The summed E-state index contributed by atoms with van der Waals surface area (Å²) in [4.78, 5) is 14.1. The lowest BCUT2D eigenvalue weighted by Gasteiger charge is -2.24. The number of nitrogens with two attached hydrogens (primary N) is 1. The molecule has 1 amide bonds. The number of rotatable bonds is 1. The molecule has 0 fully saturated rings. The lowest BCUT2D eigenvalue weighted by atomic mass is 9.96. The highest BCUT2D eigenvalue weighted by atomic mass is 16.6. The predicted octanol–water partition coefficient (Wildman–Crippen LogP) is 4.19. The summed E-state index contributed by atoms with van der Waals surface area (Å²) in [5.41, 5.74) is 10.8. The quantitative estimate of drug-likeness (QED) is 0.804. The number of carbonyl (C=O) groups excluding carboxylic acids is 1. The van der Waals surface area contributed by atoms with E-state index in [4.69, 9.17) is 10.5 Å². The van der Waals surface area contributed by atoms with Crippen molar-refractivity contribution in [3.05, 3.63) is 53.6 Å². The molecular weight excluding hydrogens is 288 g/mol. The Labute approximate surface area is 136 Å². The standard InChI is InChI=1S/C19H22N2O2/c1-19(2,3)23-18(22)21-11-13-7-6-9-14(16(13)12-21)15-8-4-5-10-17(15)20/h4-10H,11-12,20H2,1-3H3. The van der Waals surface area contributed by atoms with Crippen LogP contribution in [-0.2, 0) is 17.8 Å². The van der Waals surface area contributed by atoms with Crippen molar-refractivity contribution in [1.82, 2.24) is 4.90 Å². The van der Waals surface area contributed by atoms with Crippen LogP contribution in [0.4, 0.5) is 10.5 Å². The minimum absolute atomic E-state index is 0.277. The first-order valence-corrected chi connectivity index (χ1v) is 7.79. The lowest BCUT2D eigenvalue weighted by molar-refractivity contribution is 0.0242. The van der Waals surface area contributed by atoms with Gasteiger partial charge in [-0.1, -0.05) is 36.4 Å². The van der Waals surface area contributed by atoms with Gasteiger partial charge in [-0.05, 0) is 43.5 Å². The smallest absolute Gasteiger partial charge is 0.410 e. The van der Waals surface area contributed by atoms with Crippen LogP contribution in [0.2, 0.25) is 0 Å². The molecule has 1 aliphatic heterocycles. The molecule has 2 N–H and O–H groups in total. The highest BCUT2D eigenvalue weighted by Crippen LogP contribution is 2.35. The molecular formula is C19H22N2O2. The maximum Gasteiger partial charge on any atom is 0.410 e. The number of hydrogen-bond donors (Lipinski definition) is 1. The summed E-state index contributed by atoms with van der Waals surface area (Å²) in [5, 5.41) is 0. The van der Waals surface area contributed by atoms with Gasteiger partial charge in [0.1, 0.15) is 5.60 Å². The molecule has 0 saturated carbocycles. The molecule has 23 heavy (non-hydrogen) atoms. The van der Waals surface area contributed by atoms with Crippen molar-refractivity contribution in [2.24, 2.45) is 0 Å². The van der Waals surface area contributed by atoms with Crippen LogP contribution in [-0.4, -0.2) is 16.6 Å². The van der Waals surface area contributed by atoms with Crippen LogP contribution in [0, 0.1) is 0 Å². The molecule has 2 aromatic carbocycles. The second kappa shape index (κ2) is 5.61. The van der Waals surface area contributed by atoms with Crippen molar-refractivity contribution < 1.29 is 9.53 Å². The van der Waals surface area contributed by atoms with Gasteiger partial charge >= 0.3 is 6.09 Å². The van der Waals surface area contributed by atoms with Crippen LogP contribution in [0.5, 0.6) is 0 Å². The van der Waals surface area contributed by atoms with Crippen molar-refractivity contribution >= 4 is 11.8 Å². The molecule has 0 radical (unpaired) electrons. The summed E-state index contributed by atoms with van der Waals surface area (Å²) in [7, 11) is 0. The summed E-state index contributed by atoms with van der Waals surface area (Å²) in [6.07, 6.45) is -0.277. The van der Waals surface area contributed by atoms with Crippen LogP contribution in [0.3, 0.4) is 0 Å². The van der Waals surface area contributed by atoms with Gasteiger partial charge in [0, 0.05) is 17.8 Å². The summed E-state index contributed by atoms with van der Waals surface area (Å²) in [6, 6.07) is 13.9. The lowest BCUT2D eigenvalue weighted by Crippen LogP contribution is -2.33. The van der Waals surface area contributed by atoms with Crippen molar-refractivity contribution in [3.63, 3.8) is 0 Å². The van der Waals surface area contributed by atoms with E-state index in [-0.39, 0.29) is 6.09 Å². The number of benzene rings is 2. The molecule has 0 aliphatic carbocycles. The molecule has 0 bridgehead atoms. The normalized spacial score (nSPS) is 13.8. The van der Waals surface area contributed by atoms with Crippen molar-refractivity contribution in [2.75, 3.05) is 5.73 Å². The fourth-order valence-electron chi connectivity index (χ4n) is 2.87. The average molecular weight is 310 g/mol. The fraction of sp³-hybridized carbons (Fsp3) is 0.316. The van der Waals surface area contributed by atoms with Crippen molar-refractivity contribution in [2.45, 2.75) is 39.5 Å². The molecule has 0 aromatic heterocycles.